The number of nitrogens with one attached hydrogen (secondary N) is 2. The van der Waals surface area contributed by atoms with Crippen LogP contribution in [-0.2, 0) is 10.2 Å². The van der Waals surface area contributed by atoms with Gasteiger partial charge in [-0.25, -0.2) is 0 Å². The van der Waals surface area contributed by atoms with Crippen LogP contribution < -0.4 is 10.6 Å². The fourth-order valence-corrected chi connectivity index (χ4v) is 2.37. The maximum absolute atomic E-state index is 12.6. The third kappa shape index (κ3) is 6.04. The Morgan fingerprint density at radius 2 is 1.85 bits per heavy atom. The molecule has 0 radical (unpaired) electrons. The van der Waals surface area contributed by atoms with Crippen molar-refractivity contribution in [2.24, 2.45) is 0 Å². The van der Waals surface area contributed by atoms with E-state index >= 15 is 0 Å². The minimum absolute atomic E-state index is 0.00937. The Kier molecular flexibility index (Phi) is 6.85. The standard InChI is InChI=1S/C21H25N3O3/c1-21(2,3)17-8-6-16(7-9-17)19(26)24-18(20(27)23-11-12-25)13-15-5-4-10-22-14-15/h4-10,13-14,25H,11-12H2,1-3H3,(H,23,27)(H,24,26)/b18-13+. The van der Waals surface area contributed by atoms with Gasteiger partial charge in [0.2, 0.25) is 0 Å². The number of aliphatic hydroxyl groups is 1. The molecular weight excluding hydrogens is 342 g/mol. The van der Waals surface area contributed by atoms with Gasteiger partial charge >= 0.3 is 0 Å². The summed E-state index contributed by atoms with van der Waals surface area (Å²) in [6, 6.07) is 10.8. The average Bonchev–Trinajstić information content (AvgIpc) is 2.65. The molecule has 2 amide bonds. The van der Waals surface area contributed by atoms with Crippen LogP contribution in [0.25, 0.3) is 6.08 Å². The third-order valence-corrected chi connectivity index (χ3v) is 3.90. The van der Waals surface area contributed by atoms with Crippen LogP contribution in [0, 0.1) is 0 Å². The molecule has 0 fully saturated rings. The molecule has 0 unspecified atom stereocenters. The smallest absolute Gasteiger partial charge is 0.267 e. The Balaban J connectivity index is 2.22. The second-order valence-electron chi connectivity index (χ2n) is 7.11. The minimum Gasteiger partial charge on any atom is -0.395 e. The molecule has 0 aliphatic rings. The van der Waals surface area contributed by atoms with Crippen molar-refractivity contribution in [2.45, 2.75) is 26.2 Å². The van der Waals surface area contributed by atoms with E-state index in [0.717, 1.165) is 5.56 Å². The largest absolute Gasteiger partial charge is 0.395 e. The van der Waals surface area contributed by atoms with E-state index in [-0.39, 0.29) is 30.2 Å². The van der Waals surface area contributed by atoms with Crippen LogP contribution in [0.5, 0.6) is 0 Å². The summed E-state index contributed by atoms with van der Waals surface area (Å²) in [6.07, 6.45) is 4.75. The van der Waals surface area contributed by atoms with Crippen molar-refractivity contribution >= 4 is 17.9 Å². The first-order valence-electron chi connectivity index (χ1n) is 8.74. The van der Waals surface area contributed by atoms with Gasteiger partial charge in [-0.15, -0.1) is 0 Å². The maximum Gasteiger partial charge on any atom is 0.267 e. The first kappa shape index (κ1) is 20.3. The van der Waals surface area contributed by atoms with Crippen molar-refractivity contribution in [3.05, 3.63) is 71.2 Å². The highest BCUT2D eigenvalue weighted by Gasteiger charge is 2.17. The van der Waals surface area contributed by atoms with Crippen molar-refractivity contribution in [3.63, 3.8) is 0 Å². The SMILES string of the molecule is CC(C)(C)c1ccc(C(=O)N/C(=C/c2cccnc2)C(=O)NCCO)cc1. The van der Waals surface area contributed by atoms with E-state index in [9.17, 15) is 9.59 Å². The zero-order chi connectivity index (χ0) is 19.9. The van der Waals surface area contributed by atoms with Crippen LogP contribution in [0.4, 0.5) is 0 Å². The molecule has 0 aliphatic heterocycles. The van der Waals surface area contributed by atoms with Gasteiger partial charge in [0.05, 0.1) is 6.61 Å². The lowest BCUT2D eigenvalue weighted by molar-refractivity contribution is -0.117. The summed E-state index contributed by atoms with van der Waals surface area (Å²) in [5.74, 6) is -0.864. The van der Waals surface area contributed by atoms with Gasteiger partial charge in [-0.3, -0.25) is 14.6 Å². The van der Waals surface area contributed by atoms with Crippen molar-refractivity contribution in [3.8, 4) is 0 Å². The zero-order valence-electron chi connectivity index (χ0n) is 15.8. The van der Waals surface area contributed by atoms with E-state index in [1.165, 1.54) is 0 Å². The molecule has 1 aromatic heterocycles. The molecule has 6 heteroatoms. The number of carbonyl (C=O) groups is 2. The highest BCUT2D eigenvalue weighted by molar-refractivity contribution is 6.05. The summed E-state index contributed by atoms with van der Waals surface area (Å²) in [5, 5.41) is 14.1. The van der Waals surface area contributed by atoms with Crippen molar-refractivity contribution in [1.29, 1.82) is 0 Å². The predicted molar refractivity (Wildman–Crippen MR) is 105 cm³/mol. The monoisotopic (exact) mass is 367 g/mol. The topological polar surface area (TPSA) is 91.3 Å². The summed E-state index contributed by atoms with van der Waals surface area (Å²) >= 11 is 0. The quantitative estimate of drug-likeness (QED) is 0.683. The number of aromatic nitrogens is 1. The van der Waals surface area contributed by atoms with E-state index < -0.39 is 5.91 Å². The van der Waals surface area contributed by atoms with Gasteiger partial charge in [0.15, 0.2) is 0 Å². The van der Waals surface area contributed by atoms with E-state index in [1.54, 1.807) is 42.7 Å². The van der Waals surface area contributed by atoms with E-state index in [2.05, 4.69) is 36.4 Å². The molecule has 2 rings (SSSR count). The van der Waals surface area contributed by atoms with E-state index in [1.807, 2.05) is 12.1 Å². The van der Waals surface area contributed by atoms with Crippen LogP contribution in [0.1, 0.15) is 42.3 Å². The highest BCUT2D eigenvalue weighted by Crippen LogP contribution is 2.22. The minimum atomic E-state index is -0.479. The van der Waals surface area contributed by atoms with Gasteiger partial charge in [-0.05, 0) is 40.8 Å². The molecule has 0 saturated carbocycles. The maximum atomic E-state index is 12.6. The Morgan fingerprint density at radius 1 is 1.15 bits per heavy atom. The lowest BCUT2D eigenvalue weighted by Crippen LogP contribution is -2.36. The number of carbonyl (C=O) groups excluding carboxylic acids is 2. The molecule has 0 saturated heterocycles. The molecule has 1 aromatic carbocycles. The zero-order valence-corrected chi connectivity index (χ0v) is 15.8. The molecule has 27 heavy (non-hydrogen) atoms. The van der Waals surface area contributed by atoms with Gasteiger partial charge < -0.3 is 15.7 Å². The normalized spacial score (nSPS) is 11.8. The second kappa shape index (κ2) is 9.09. The third-order valence-electron chi connectivity index (χ3n) is 3.90. The first-order valence-corrected chi connectivity index (χ1v) is 8.74. The van der Waals surface area contributed by atoms with Gasteiger partial charge in [0.1, 0.15) is 5.70 Å². The lowest BCUT2D eigenvalue weighted by Gasteiger charge is -2.19. The lowest BCUT2D eigenvalue weighted by atomic mass is 9.87. The van der Waals surface area contributed by atoms with Gasteiger partial charge in [-0.1, -0.05) is 39.0 Å². The van der Waals surface area contributed by atoms with Crippen LogP contribution in [0.3, 0.4) is 0 Å². The molecule has 0 spiro atoms. The van der Waals surface area contributed by atoms with Gasteiger partial charge in [-0.2, -0.15) is 0 Å². The van der Waals surface area contributed by atoms with Gasteiger partial charge in [0.25, 0.3) is 11.8 Å². The van der Waals surface area contributed by atoms with Crippen molar-refractivity contribution in [1.82, 2.24) is 15.6 Å². The molecule has 3 N–H and O–H groups in total. The molecule has 2 aromatic rings. The summed E-state index contributed by atoms with van der Waals surface area (Å²) in [7, 11) is 0. The second-order valence-corrected chi connectivity index (χ2v) is 7.11. The molecule has 1 heterocycles. The Hall–Kier alpha value is -2.99. The number of amides is 2. The summed E-state index contributed by atoms with van der Waals surface area (Å²) in [5.41, 5.74) is 2.32. The Labute approximate surface area is 159 Å². The summed E-state index contributed by atoms with van der Waals surface area (Å²) < 4.78 is 0. The van der Waals surface area contributed by atoms with E-state index in [0.29, 0.717) is 11.1 Å². The number of pyridine rings is 1. The number of benzene rings is 1. The molecule has 142 valence electrons. The molecule has 0 atom stereocenters. The predicted octanol–water partition coefficient (Wildman–Crippen LogP) is 2.26. The number of hydrogen-bond acceptors (Lipinski definition) is 4. The number of nitrogens with zero attached hydrogens (tertiary/aromatic N) is 1. The summed E-state index contributed by atoms with van der Waals surface area (Å²) in [4.78, 5) is 28.9. The van der Waals surface area contributed by atoms with Crippen LogP contribution >= 0.6 is 0 Å². The highest BCUT2D eigenvalue weighted by atomic mass is 16.3. The fourth-order valence-electron chi connectivity index (χ4n) is 2.37. The summed E-state index contributed by atoms with van der Waals surface area (Å²) in [6.45, 7) is 6.21. The molecule has 0 aliphatic carbocycles. The average molecular weight is 367 g/mol. The van der Waals surface area contributed by atoms with Crippen molar-refractivity contribution in [2.75, 3.05) is 13.2 Å². The fraction of sp³-hybridized carbons (Fsp3) is 0.286. The van der Waals surface area contributed by atoms with Gasteiger partial charge in [0, 0.05) is 24.5 Å². The molecule has 6 nitrogen and oxygen atoms in total. The number of aliphatic hydroxyl groups excluding tert-OH is 1. The van der Waals surface area contributed by atoms with Crippen LogP contribution in [0.15, 0.2) is 54.5 Å². The Bertz CT molecular complexity index is 807. The number of rotatable bonds is 6. The first-order chi connectivity index (χ1) is 12.8. The molecule has 0 bridgehead atoms. The number of hydrogen-bond donors (Lipinski definition) is 3. The van der Waals surface area contributed by atoms with Crippen molar-refractivity contribution < 1.29 is 14.7 Å². The molecular formula is C21H25N3O3. The van der Waals surface area contributed by atoms with E-state index in [4.69, 9.17) is 5.11 Å². The van der Waals surface area contributed by atoms with Crippen LogP contribution in [-0.4, -0.2) is 35.1 Å². The van der Waals surface area contributed by atoms with Crippen LogP contribution in [0.2, 0.25) is 0 Å². The Morgan fingerprint density at radius 3 is 2.41 bits per heavy atom.